The van der Waals surface area contributed by atoms with Crippen LogP contribution in [0.4, 0.5) is 17.3 Å². The minimum Gasteiger partial charge on any atom is -0.388 e. The van der Waals surface area contributed by atoms with E-state index in [1.807, 2.05) is 38.2 Å². The van der Waals surface area contributed by atoms with E-state index >= 15 is 0 Å². The standard InChI is InChI=1S/C21H27N7.C9H14N2O/c1-14-4-6-17(24-2)12-15(14)5-7-18(22)19-20(23)25-13-26-21(19)27-16-8-10-28(3)11-9-16;1-9(2,3)8-5-7(6-12)11(4)10-8/h4,6,12-13,16,22,24H,8-11H2,1-3H3,(H3,23,25,26,27);5-6H,1-4H3. The number of nitrogens with one attached hydrogen (secondary N) is 3. The molecule has 0 bridgehead atoms. The van der Waals surface area contributed by atoms with Gasteiger partial charge in [0.1, 0.15) is 29.4 Å². The van der Waals surface area contributed by atoms with Gasteiger partial charge in [0.2, 0.25) is 0 Å². The van der Waals surface area contributed by atoms with Crippen LogP contribution >= 0.6 is 0 Å². The van der Waals surface area contributed by atoms with Gasteiger partial charge in [-0.15, -0.1) is 0 Å². The number of hydrogen-bond acceptors (Lipinski definition) is 9. The molecule has 1 aliphatic rings. The molecular weight excluding hydrogens is 502 g/mol. The average Bonchev–Trinajstić information content (AvgIpc) is 3.31. The van der Waals surface area contributed by atoms with Crippen molar-refractivity contribution in [3.63, 3.8) is 0 Å². The van der Waals surface area contributed by atoms with Crippen LogP contribution in [0, 0.1) is 24.2 Å². The number of carbonyl (C=O) groups excluding carboxylic acids is 1. The number of likely N-dealkylation sites (tertiary alicyclic amines) is 1. The summed E-state index contributed by atoms with van der Waals surface area (Å²) in [6, 6.07) is 8.11. The second-order valence-electron chi connectivity index (χ2n) is 11.1. The van der Waals surface area contributed by atoms with E-state index in [1.54, 1.807) is 11.7 Å². The van der Waals surface area contributed by atoms with Gasteiger partial charge in [-0.1, -0.05) is 32.8 Å². The predicted molar refractivity (Wildman–Crippen MR) is 162 cm³/mol. The van der Waals surface area contributed by atoms with Crippen molar-refractivity contribution in [2.45, 2.75) is 52.0 Å². The number of anilines is 3. The van der Waals surface area contributed by atoms with Crippen LogP contribution in [0.25, 0.3) is 0 Å². The number of carbonyl (C=O) groups is 1. The van der Waals surface area contributed by atoms with Crippen molar-refractivity contribution < 1.29 is 4.79 Å². The molecule has 0 atom stereocenters. The zero-order chi connectivity index (χ0) is 29.4. The second-order valence-corrected chi connectivity index (χ2v) is 11.1. The number of nitrogen functional groups attached to an aromatic ring is 1. The van der Waals surface area contributed by atoms with Crippen molar-refractivity contribution in [2.24, 2.45) is 7.05 Å². The van der Waals surface area contributed by atoms with Crippen molar-refractivity contribution in [3.05, 3.63) is 58.7 Å². The lowest BCUT2D eigenvalue weighted by Gasteiger charge is -2.30. The van der Waals surface area contributed by atoms with E-state index in [9.17, 15) is 4.79 Å². The molecule has 3 aromatic rings. The van der Waals surface area contributed by atoms with Gasteiger partial charge in [-0.2, -0.15) is 5.10 Å². The van der Waals surface area contributed by atoms with Crippen molar-refractivity contribution >= 4 is 29.3 Å². The Morgan fingerprint density at radius 2 is 1.88 bits per heavy atom. The lowest BCUT2D eigenvalue weighted by atomic mass is 9.92. The maximum absolute atomic E-state index is 10.5. The van der Waals surface area contributed by atoms with Crippen LogP contribution in [0.1, 0.15) is 66.5 Å². The lowest BCUT2D eigenvalue weighted by Crippen LogP contribution is -2.37. The van der Waals surface area contributed by atoms with Crippen molar-refractivity contribution in [1.29, 1.82) is 5.41 Å². The Balaban J connectivity index is 0.000000307. The van der Waals surface area contributed by atoms with Crippen molar-refractivity contribution in [2.75, 3.05) is 43.6 Å². The summed E-state index contributed by atoms with van der Waals surface area (Å²) in [5, 5.41) is 19.3. The molecule has 3 heterocycles. The highest BCUT2D eigenvalue weighted by Crippen LogP contribution is 2.22. The first-order valence-electron chi connectivity index (χ1n) is 13.4. The zero-order valence-electron chi connectivity index (χ0n) is 24.6. The van der Waals surface area contributed by atoms with Gasteiger partial charge in [0.15, 0.2) is 6.29 Å². The largest absolute Gasteiger partial charge is 0.388 e. The Kier molecular flexibility index (Phi) is 10.0. The molecule has 4 rings (SSSR count). The normalized spacial score (nSPS) is 13.9. The summed E-state index contributed by atoms with van der Waals surface area (Å²) < 4.78 is 1.60. The van der Waals surface area contributed by atoms with Crippen LogP contribution in [0.15, 0.2) is 30.6 Å². The van der Waals surface area contributed by atoms with E-state index in [1.165, 1.54) is 6.33 Å². The highest BCUT2D eigenvalue weighted by molar-refractivity contribution is 6.16. The van der Waals surface area contributed by atoms with Crippen molar-refractivity contribution in [3.8, 4) is 11.8 Å². The number of aromatic nitrogens is 4. The molecular formula is C30H41N9O. The maximum Gasteiger partial charge on any atom is 0.168 e. The first-order valence-corrected chi connectivity index (χ1v) is 13.4. The fraction of sp³-hybridized carbons (Fsp3) is 0.433. The van der Waals surface area contributed by atoms with Gasteiger partial charge < -0.3 is 21.3 Å². The summed E-state index contributed by atoms with van der Waals surface area (Å²) in [6.45, 7) is 10.3. The van der Waals surface area contributed by atoms with Crippen LogP contribution in [-0.4, -0.2) is 69.9 Å². The summed E-state index contributed by atoms with van der Waals surface area (Å²) in [4.78, 5) is 21.2. The quantitative estimate of drug-likeness (QED) is 0.216. The lowest BCUT2D eigenvalue weighted by molar-refractivity contribution is 0.111. The van der Waals surface area contributed by atoms with Crippen LogP contribution in [0.3, 0.4) is 0 Å². The van der Waals surface area contributed by atoms with E-state index in [0.717, 1.165) is 54.7 Å². The van der Waals surface area contributed by atoms with Gasteiger partial charge in [-0.3, -0.25) is 14.9 Å². The zero-order valence-corrected chi connectivity index (χ0v) is 24.6. The van der Waals surface area contributed by atoms with E-state index in [-0.39, 0.29) is 16.9 Å². The molecule has 0 aliphatic carbocycles. The second kappa shape index (κ2) is 13.2. The number of aldehydes is 1. The van der Waals surface area contributed by atoms with Crippen LogP contribution in [-0.2, 0) is 12.5 Å². The molecule has 212 valence electrons. The third-order valence-corrected chi connectivity index (χ3v) is 6.84. The summed E-state index contributed by atoms with van der Waals surface area (Å²) in [6.07, 6.45) is 4.29. The molecule has 40 heavy (non-hydrogen) atoms. The molecule has 2 aromatic heterocycles. The number of piperidine rings is 1. The van der Waals surface area contributed by atoms with Crippen LogP contribution in [0.2, 0.25) is 0 Å². The Bertz CT molecular complexity index is 1400. The topological polar surface area (TPSA) is 138 Å². The minimum atomic E-state index is 0.0129. The van der Waals surface area contributed by atoms with Gasteiger partial charge in [-0.05, 0) is 69.6 Å². The molecule has 0 unspecified atom stereocenters. The van der Waals surface area contributed by atoms with Gasteiger partial charge in [0.25, 0.3) is 0 Å². The van der Waals surface area contributed by atoms with Gasteiger partial charge >= 0.3 is 0 Å². The van der Waals surface area contributed by atoms with E-state index in [0.29, 0.717) is 23.1 Å². The Morgan fingerprint density at radius 1 is 1.18 bits per heavy atom. The number of rotatable bonds is 5. The average molecular weight is 544 g/mol. The fourth-order valence-corrected chi connectivity index (χ4v) is 4.16. The summed E-state index contributed by atoms with van der Waals surface area (Å²) >= 11 is 0. The highest BCUT2D eigenvalue weighted by atomic mass is 16.1. The molecule has 0 saturated carbocycles. The summed E-state index contributed by atoms with van der Waals surface area (Å²) in [5.41, 5.74) is 11.2. The Morgan fingerprint density at radius 3 is 2.45 bits per heavy atom. The summed E-state index contributed by atoms with van der Waals surface area (Å²) in [5.74, 6) is 6.87. The number of nitrogens with two attached hydrogens (primary N) is 1. The number of benzene rings is 1. The predicted octanol–water partition coefficient (Wildman–Crippen LogP) is 3.86. The summed E-state index contributed by atoms with van der Waals surface area (Å²) in [7, 11) is 5.77. The SMILES string of the molecule is CNc1ccc(C)c(C#CC(=N)c2c(N)ncnc2NC2CCN(C)CC2)c1.Cn1nc(C(C)(C)C)cc1C=O. The molecule has 5 N–H and O–H groups in total. The molecule has 1 aromatic carbocycles. The number of hydrogen-bond donors (Lipinski definition) is 4. The third-order valence-electron chi connectivity index (χ3n) is 6.84. The molecule has 1 aliphatic heterocycles. The molecule has 0 spiro atoms. The maximum atomic E-state index is 10.5. The molecule has 1 fully saturated rings. The van der Waals surface area contributed by atoms with Gasteiger partial charge in [0, 0.05) is 36.8 Å². The first-order chi connectivity index (χ1) is 18.9. The van der Waals surface area contributed by atoms with Crippen LogP contribution in [0.5, 0.6) is 0 Å². The molecule has 0 amide bonds. The Hall–Kier alpha value is -4.23. The third kappa shape index (κ3) is 7.90. The number of nitrogens with zero attached hydrogens (tertiary/aromatic N) is 5. The molecule has 0 radical (unpaired) electrons. The smallest absolute Gasteiger partial charge is 0.168 e. The molecule has 1 saturated heterocycles. The van der Waals surface area contributed by atoms with Gasteiger partial charge in [-0.25, -0.2) is 9.97 Å². The van der Waals surface area contributed by atoms with E-state index in [4.69, 9.17) is 11.1 Å². The monoisotopic (exact) mass is 543 g/mol. The Labute approximate surface area is 237 Å². The molecule has 10 nitrogen and oxygen atoms in total. The van der Waals surface area contributed by atoms with Crippen molar-refractivity contribution in [1.82, 2.24) is 24.6 Å². The minimum absolute atomic E-state index is 0.0129. The van der Waals surface area contributed by atoms with Gasteiger partial charge in [0.05, 0.1) is 11.3 Å². The fourth-order valence-electron chi connectivity index (χ4n) is 4.16. The number of aryl methyl sites for hydroxylation is 2. The van der Waals surface area contributed by atoms with Crippen LogP contribution < -0.4 is 16.4 Å². The first kappa shape index (κ1) is 30.3. The van der Waals surface area contributed by atoms with E-state index < -0.39 is 0 Å². The molecule has 10 heteroatoms. The highest BCUT2D eigenvalue weighted by Gasteiger charge is 2.21. The van der Waals surface area contributed by atoms with E-state index in [2.05, 4.69) is 70.3 Å².